The average molecular weight is 301 g/mol. The number of hydrogen-bond acceptors (Lipinski definition) is 3. The first-order valence-corrected chi connectivity index (χ1v) is 6.74. The van der Waals surface area contributed by atoms with Crippen molar-refractivity contribution in [3.05, 3.63) is 41.7 Å². The molecule has 0 saturated heterocycles. The van der Waals surface area contributed by atoms with Gasteiger partial charge in [-0.1, -0.05) is 12.1 Å². The van der Waals surface area contributed by atoms with Gasteiger partial charge in [0.1, 0.15) is 0 Å². The Kier molecular flexibility index (Phi) is 4.27. The van der Waals surface area contributed by atoms with Gasteiger partial charge in [0.15, 0.2) is 0 Å². The summed E-state index contributed by atoms with van der Waals surface area (Å²) < 4.78 is 39.1. The number of aryl methyl sites for hydroxylation is 2. The summed E-state index contributed by atoms with van der Waals surface area (Å²) in [6.07, 6.45) is 1.85. The summed E-state index contributed by atoms with van der Waals surface area (Å²) in [5.41, 5.74) is -2.00. The van der Waals surface area contributed by atoms with E-state index in [0.717, 1.165) is 11.3 Å². The lowest BCUT2D eigenvalue weighted by atomic mass is 10.2. The Bertz CT molecular complexity index is 593. The third-order valence-electron chi connectivity index (χ3n) is 2.70. The SMILES string of the molecule is Cc1nn(C)cc1CNc1ccccc1SC(F)(F)F. The highest BCUT2D eigenvalue weighted by Gasteiger charge is 2.30. The van der Waals surface area contributed by atoms with E-state index >= 15 is 0 Å². The Balaban J connectivity index is 2.11. The normalized spacial score (nSPS) is 11.7. The molecule has 20 heavy (non-hydrogen) atoms. The summed E-state index contributed by atoms with van der Waals surface area (Å²) in [4.78, 5) is 0.168. The molecule has 2 aromatic rings. The van der Waals surface area contributed by atoms with Crippen LogP contribution in [0.1, 0.15) is 11.3 Å². The van der Waals surface area contributed by atoms with Gasteiger partial charge in [-0.15, -0.1) is 0 Å². The lowest BCUT2D eigenvalue weighted by molar-refractivity contribution is -0.0327. The molecule has 0 aliphatic heterocycles. The van der Waals surface area contributed by atoms with Gasteiger partial charge in [-0.05, 0) is 30.8 Å². The number of thioether (sulfide) groups is 1. The Labute approximate surface area is 119 Å². The van der Waals surface area contributed by atoms with Crippen LogP contribution in [0.3, 0.4) is 0 Å². The molecule has 0 amide bonds. The molecule has 3 nitrogen and oxygen atoms in total. The third kappa shape index (κ3) is 3.93. The van der Waals surface area contributed by atoms with E-state index in [1.165, 1.54) is 6.07 Å². The minimum Gasteiger partial charge on any atom is -0.380 e. The lowest BCUT2D eigenvalue weighted by Gasteiger charge is -2.12. The number of benzene rings is 1. The highest BCUT2D eigenvalue weighted by molar-refractivity contribution is 8.00. The number of nitrogens with one attached hydrogen (secondary N) is 1. The van der Waals surface area contributed by atoms with Gasteiger partial charge in [0, 0.05) is 35.9 Å². The Morgan fingerprint density at radius 1 is 1.30 bits per heavy atom. The van der Waals surface area contributed by atoms with Crippen LogP contribution in [0, 0.1) is 6.92 Å². The van der Waals surface area contributed by atoms with Gasteiger partial charge in [-0.2, -0.15) is 18.3 Å². The van der Waals surface area contributed by atoms with E-state index in [0.29, 0.717) is 12.2 Å². The second kappa shape index (κ2) is 5.78. The first kappa shape index (κ1) is 14.8. The number of hydrogen-bond donors (Lipinski definition) is 1. The Hall–Kier alpha value is -1.63. The molecule has 0 fully saturated rings. The zero-order valence-corrected chi connectivity index (χ0v) is 11.8. The van der Waals surface area contributed by atoms with Crippen LogP contribution >= 0.6 is 11.8 Å². The molecule has 0 atom stereocenters. The number of alkyl halides is 3. The van der Waals surface area contributed by atoms with Crippen molar-refractivity contribution in [3.63, 3.8) is 0 Å². The van der Waals surface area contributed by atoms with Crippen LogP contribution in [0.25, 0.3) is 0 Å². The van der Waals surface area contributed by atoms with E-state index in [1.807, 2.05) is 20.2 Å². The largest absolute Gasteiger partial charge is 0.446 e. The Morgan fingerprint density at radius 2 is 2.00 bits per heavy atom. The van der Waals surface area contributed by atoms with E-state index < -0.39 is 5.51 Å². The number of aromatic nitrogens is 2. The van der Waals surface area contributed by atoms with Crippen LogP contribution in [-0.2, 0) is 13.6 Å². The maximum atomic E-state index is 12.5. The van der Waals surface area contributed by atoms with E-state index in [9.17, 15) is 13.2 Å². The topological polar surface area (TPSA) is 29.9 Å². The molecule has 0 radical (unpaired) electrons. The molecule has 1 aromatic carbocycles. The predicted octanol–water partition coefficient (Wildman–Crippen LogP) is 3.95. The van der Waals surface area contributed by atoms with Gasteiger partial charge in [-0.3, -0.25) is 4.68 Å². The van der Waals surface area contributed by atoms with Gasteiger partial charge in [0.2, 0.25) is 0 Å². The van der Waals surface area contributed by atoms with Gasteiger partial charge in [-0.25, -0.2) is 0 Å². The fourth-order valence-electron chi connectivity index (χ4n) is 1.84. The molecular weight excluding hydrogens is 287 g/mol. The van der Waals surface area contributed by atoms with Crippen molar-refractivity contribution in [1.29, 1.82) is 0 Å². The van der Waals surface area contributed by atoms with E-state index in [-0.39, 0.29) is 16.7 Å². The molecule has 0 aliphatic carbocycles. The van der Waals surface area contributed by atoms with Crippen molar-refractivity contribution < 1.29 is 13.2 Å². The van der Waals surface area contributed by atoms with Crippen LogP contribution < -0.4 is 5.32 Å². The summed E-state index contributed by atoms with van der Waals surface area (Å²) in [6.45, 7) is 2.31. The highest BCUT2D eigenvalue weighted by Crippen LogP contribution is 2.40. The second-order valence-electron chi connectivity index (χ2n) is 4.31. The monoisotopic (exact) mass is 301 g/mol. The molecule has 7 heteroatoms. The van der Waals surface area contributed by atoms with Gasteiger partial charge < -0.3 is 5.32 Å². The van der Waals surface area contributed by atoms with Crippen LogP contribution in [0.2, 0.25) is 0 Å². The number of rotatable bonds is 4. The summed E-state index contributed by atoms with van der Waals surface area (Å²) in [5.74, 6) is 0. The van der Waals surface area contributed by atoms with Crippen LogP contribution in [0.4, 0.5) is 18.9 Å². The number of nitrogens with zero attached hydrogens (tertiary/aromatic N) is 2. The molecule has 1 aromatic heterocycles. The van der Waals surface area contributed by atoms with Crippen LogP contribution in [-0.4, -0.2) is 15.3 Å². The van der Waals surface area contributed by atoms with Crippen molar-refractivity contribution in [3.8, 4) is 0 Å². The molecule has 0 spiro atoms. The van der Waals surface area contributed by atoms with Crippen molar-refractivity contribution in [1.82, 2.24) is 9.78 Å². The minimum atomic E-state index is -4.29. The summed E-state index contributed by atoms with van der Waals surface area (Å²) >= 11 is -0.111. The minimum absolute atomic E-state index is 0.111. The van der Waals surface area contributed by atoms with E-state index in [4.69, 9.17) is 0 Å². The molecule has 0 bridgehead atoms. The molecule has 1 heterocycles. The summed E-state index contributed by atoms with van der Waals surface area (Å²) in [5, 5.41) is 7.23. The molecule has 0 unspecified atom stereocenters. The van der Waals surface area contributed by atoms with Crippen molar-refractivity contribution in [2.75, 3.05) is 5.32 Å². The highest BCUT2D eigenvalue weighted by atomic mass is 32.2. The summed E-state index contributed by atoms with van der Waals surface area (Å²) in [7, 11) is 1.81. The predicted molar refractivity (Wildman–Crippen MR) is 73.6 cm³/mol. The number of halogens is 3. The first-order chi connectivity index (χ1) is 9.35. The average Bonchev–Trinajstić information content (AvgIpc) is 2.65. The van der Waals surface area contributed by atoms with Gasteiger partial charge >= 0.3 is 5.51 Å². The molecule has 0 aliphatic rings. The molecule has 108 valence electrons. The van der Waals surface area contributed by atoms with E-state index in [1.54, 1.807) is 22.9 Å². The van der Waals surface area contributed by atoms with Gasteiger partial charge in [0.25, 0.3) is 0 Å². The van der Waals surface area contributed by atoms with E-state index in [2.05, 4.69) is 10.4 Å². The fraction of sp³-hybridized carbons (Fsp3) is 0.308. The summed E-state index contributed by atoms with van der Waals surface area (Å²) in [6, 6.07) is 6.39. The molecule has 2 rings (SSSR count). The van der Waals surface area contributed by atoms with Crippen molar-refractivity contribution in [2.45, 2.75) is 23.9 Å². The quantitative estimate of drug-likeness (QED) is 0.867. The fourth-order valence-corrected chi connectivity index (χ4v) is 2.49. The molecular formula is C13H14F3N3S. The number of para-hydroxylation sites is 1. The van der Waals surface area contributed by atoms with Crippen molar-refractivity contribution >= 4 is 17.4 Å². The first-order valence-electron chi connectivity index (χ1n) is 5.93. The number of anilines is 1. The smallest absolute Gasteiger partial charge is 0.380 e. The maximum absolute atomic E-state index is 12.5. The molecule has 0 saturated carbocycles. The zero-order valence-electron chi connectivity index (χ0n) is 11.0. The van der Waals surface area contributed by atoms with Gasteiger partial charge in [0.05, 0.1) is 5.69 Å². The van der Waals surface area contributed by atoms with Crippen LogP contribution in [0.15, 0.2) is 35.4 Å². The van der Waals surface area contributed by atoms with Crippen molar-refractivity contribution in [2.24, 2.45) is 7.05 Å². The standard InChI is InChI=1S/C13H14F3N3S/c1-9-10(8-19(2)18-9)7-17-11-5-3-4-6-12(11)20-13(14,15)16/h3-6,8,17H,7H2,1-2H3. The maximum Gasteiger partial charge on any atom is 0.446 e. The second-order valence-corrected chi connectivity index (χ2v) is 5.42. The Morgan fingerprint density at radius 3 is 2.60 bits per heavy atom. The lowest BCUT2D eigenvalue weighted by Crippen LogP contribution is -2.04. The zero-order chi connectivity index (χ0) is 14.8. The third-order valence-corrected chi connectivity index (χ3v) is 3.50. The van der Waals surface area contributed by atoms with Crippen LogP contribution in [0.5, 0.6) is 0 Å². The molecule has 1 N–H and O–H groups in total.